The fourth-order valence-corrected chi connectivity index (χ4v) is 7.84. The summed E-state index contributed by atoms with van der Waals surface area (Å²) in [5.74, 6) is -1.87. The maximum Gasteiger partial charge on any atom is 0.260 e. The molecule has 1 aromatic heterocycles. The zero-order chi connectivity index (χ0) is 27.6. The average molecular weight is 579 g/mol. The fourth-order valence-electron chi connectivity index (χ4n) is 5.11. The predicted molar refractivity (Wildman–Crippen MR) is 147 cm³/mol. The largest absolute Gasteiger partial charge is 0.379 e. The van der Waals surface area contributed by atoms with Crippen LogP contribution in [0.4, 0.5) is 13.9 Å². The molecule has 0 aliphatic carbocycles. The van der Waals surface area contributed by atoms with E-state index in [9.17, 15) is 22.0 Å². The van der Waals surface area contributed by atoms with Gasteiger partial charge in [0.15, 0.2) is 10.9 Å². The zero-order valence-corrected chi connectivity index (χ0v) is 23.4. The summed E-state index contributed by atoms with van der Waals surface area (Å²) >= 11 is 1.05. The maximum atomic E-state index is 14.4. The quantitative estimate of drug-likeness (QED) is 0.391. The van der Waals surface area contributed by atoms with E-state index in [2.05, 4.69) is 9.88 Å². The minimum atomic E-state index is -3.67. The van der Waals surface area contributed by atoms with Gasteiger partial charge in [-0.2, -0.15) is 4.31 Å². The van der Waals surface area contributed by atoms with Gasteiger partial charge in [-0.15, -0.1) is 0 Å². The summed E-state index contributed by atoms with van der Waals surface area (Å²) in [5.41, 5.74) is 0.303. The molecule has 5 rings (SSSR count). The second-order valence-electron chi connectivity index (χ2n) is 9.98. The third kappa shape index (κ3) is 6.14. The van der Waals surface area contributed by atoms with Crippen molar-refractivity contribution in [2.24, 2.45) is 0 Å². The number of amides is 1. The summed E-state index contributed by atoms with van der Waals surface area (Å²) in [6.45, 7) is 6.40. The average Bonchev–Trinajstić information content (AvgIpc) is 3.35. The van der Waals surface area contributed by atoms with E-state index in [4.69, 9.17) is 4.74 Å². The Morgan fingerprint density at radius 3 is 2.59 bits per heavy atom. The molecular weight excluding hydrogens is 546 g/mol. The molecule has 2 aliphatic heterocycles. The van der Waals surface area contributed by atoms with Gasteiger partial charge in [-0.1, -0.05) is 17.8 Å². The third-order valence-electron chi connectivity index (χ3n) is 7.29. The summed E-state index contributed by atoms with van der Waals surface area (Å²) in [5, 5.41) is 0.264. The molecule has 0 N–H and O–H groups in total. The number of ether oxygens (including phenoxy) is 1. The first kappa shape index (κ1) is 28.0. The lowest BCUT2D eigenvalue weighted by atomic mass is 10.1. The number of morpholine rings is 1. The van der Waals surface area contributed by atoms with E-state index in [1.165, 1.54) is 39.5 Å². The Balaban J connectivity index is 1.39. The predicted octanol–water partition coefficient (Wildman–Crippen LogP) is 4.51. The van der Waals surface area contributed by atoms with Crippen LogP contribution < -0.4 is 4.90 Å². The molecule has 0 bridgehead atoms. The van der Waals surface area contributed by atoms with Gasteiger partial charge in [0, 0.05) is 50.4 Å². The highest BCUT2D eigenvalue weighted by molar-refractivity contribution is 7.89. The number of hydrogen-bond donors (Lipinski definition) is 0. The van der Waals surface area contributed by atoms with Gasteiger partial charge in [0.25, 0.3) is 5.91 Å². The molecule has 210 valence electrons. The summed E-state index contributed by atoms with van der Waals surface area (Å²) in [6, 6.07) is 7.84. The molecule has 39 heavy (non-hydrogen) atoms. The lowest BCUT2D eigenvalue weighted by molar-refractivity contribution is 0.0376. The fraction of sp³-hybridized carbons (Fsp3) is 0.481. The van der Waals surface area contributed by atoms with Crippen LogP contribution in [-0.2, 0) is 14.8 Å². The first-order valence-electron chi connectivity index (χ1n) is 13.2. The molecule has 2 aromatic carbocycles. The van der Waals surface area contributed by atoms with Crippen molar-refractivity contribution in [3.05, 3.63) is 53.6 Å². The van der Waals surface area contributed by atoms with Crippen LogP contribution in [-0.4, -0.2) is 80.5 Å². The van der Waals surface area contributed by atoms with Crippen molar-refractivity contribution < 1.29 is 26.7 Å². The Kier molecular flexibility index (Phi) is 8.57. The van der Waals surface area contributed by atoms with E-state index >= 15 is 0 Å². The van der Waals surface area contributed by atoms with Crippen LogP contribution in [0.5, 0.6) is 0 Å². The Labute approximate surface area is 231 Å². The van der Waals surface area contributed by atoms with Crippen LogP contribution in [0.2, 0.25) is 0 Å². The Hall–Kier alpha value is -2.51. The van der Waals surface area contributed by atoms with E-state index in [-0.39, 0.29) is 33.1 Å². The molecule has 3 heterocycles. The van der Waals surface area contributed by atoms with Crippen LogP contribution in [0.1, 0.15) is 43.0 Å². The van der Waals surface area contributed by atoms with E-state index in [0.29, 0.717) is 37.4 Å². The normalized spacial score (nSPS) is 19.4. The minimum Gasteiger partial charge on any atom is -0.379 e. The van der Waals surface area contributed by atoms with Gasteiger partial charge in [-0.05, 0) is 56.5 Å². The lowest BCUT2D eigenvalue weighted by Crippen LogP contribution is -2.41. The number of fused-ring (bicyclic) bond motifs is 1. The highest BCUT2D eigenvalue weighted by atomic mass is 32.2. The molecule has 3 aromatic rings. The van der Waals surface area contributed by atoms with Crippen molar-refractivity contribution in [1.29, 1.82) is 0 Å². The van der Waals surface area contributed by atoms with Crippen molar-refractivity contribution in [3.8, 4) is 0 Å². The van der Waals surface area contributed by atoms with Crippen molar-refractivity contribution in [2.75, 3.05) is 50.8 Å². The van der Waals surface area contributed by atoms with Gasteiger partial charge in [0.2, 0.25) is 10.0 Å². The second-order valence-corrected chi connectivity index (χ2v) is 12.9. The number of halogens is 2. The first-order chi connectivity index (χ1) is 18.7. The summed E-state index contributed by atoms with van der Waals surface area (Å²) < 4.78 is 61.9. The maximum absolute atomic E-state index is 14.4. The molecule has 2 aliphatic rings. The van der Waals surface area contributed by atoms with Gasteiger partial charge < -0.3 is 4.74 Å². The topological polar surface area (TPSA) is 83.1 Å². The van der Waals surface area contributed by atoms with Crippen molar-refractivity contribution in [2.45, 2.75) is 43.5 Å². The monoisotopic (exact) mass is 578 g/mol. The number of carbonyl (C=O) groups excluding carboxylic acids is 1. The molecule has 1 unspecified atom stereocenters. The van der Waals surface area contributed by atoms with Crippen LogP contribution in [0, 0.1) is 11.6 Å². The van der Waals surface area contributed by atoms with Crippen LogP contribution in [0.15, 0.2) is 41.3 Å². The molecule has 8 nitrogen and oxygen atoms in total. The molecule has 12 heteroatoms. The number of sulfonamides is 1. The van der Waals surface area contributed by atoms with Gasteiger partial charge in [-0.3, -0.25) is 14.6 Å². The lowest BCUT2D eigenvalue weighted by Gasteiger charge is -2.32. The number of thiazole rings is 1. The van der Waals surface area contributed by atoms with Crippen molar-refractivity contribution in [1.82, 2.24) is 14.2 Å². The van der Waals surface area contributed by atoms with Gasteiger partial charge >= 0.3 is 0 Å². The van der Waals surface area contributed by atoms with Crippen LogP contribution in [0.3, 0.4) is 0 Å². The number of anilines is 1. The molecular formula is C27H32F2N4O4S2. The molecule has 1 atom stereocenters. The SMILES string of the molecule is CC1CCCCN1S(=O)(=O)c1ccc(C(=O)N(CCCN2CCOCC2)c2nc3c(F)cc(F)cc3s2)cc1. The molecule has 2 saturated heterocycles. The molecule has 0 radical (unpaired) electrons. The zero-order valence-electron chi connectivity index (χ0n) is 21.8. The minimum absolute atomic E-state index is 0.0134. The number of carbonyl (C=O) groups is 1. The third-order valence-corrected chi connectivity index (χ3v) is 10.3. The van der Waals surface area contributed by atoms with Crippen molar-refractivity contribution >= 4 is 42.6 Å². The number of nitrogens with zero attached hydrogens (tertiary/aromatic N) is 4. The van der Waals surface area contributed by atoms with Gasteiger partial charge in [-0.25, -0.2) is 22.2 Å². The highest BCUT2D eigenvalue weighted by Crippen LogP contribution is 2.32. The molecule has 2 fully saturated rings. The van der Waals surface area contributed by atoms with E-state index < -0.39 is 21.7 Å². The Morgan fingerprint density at radius 2 is 1.87 bits per heavy atom. The van der Waals surface area contributed by atoms with Crippen LogP contribution in [0.25, 0.3) is 10.2 Å². The van der Waals surface area contributed by atoms with Crippen LogP contribution >= 0.6 is 11.3 Å². The number of piperidine rings is 1. The van der Waals surface area contributed by atoms with E-state index in [1.54, 1.807) is 0 Å². The number of aromatic nitrogens is 1. The highest BCUT2D eigenvalue weighted by Gasteiger charge is 2.31. The summed E-state index contributed by atoms with van der Waals surface area (Å²) in [6.07, 6.45) is 3.29. The smallest absolute Gasteiger partial charge is 0.260 e. The second kappa shape index (κ2) is 11.9. The van der Waals surface area contributed by atoms with Gasteiger partial charge in [0.1, 0.15) is 11.3 Å². The molecule has 1 amide bonds. The number of hydrogen-bond acceptors (Lipinski definition) is 7. The number of benzene rings is 2. The molecule has 0 spiro atoms. The molecule has 0 saturated carbocycles. The van der Waals surface area contributed by atoms with Gasteiger partial charge in [0.05, 0.1) is 22.8 Å². The van der Waals surface area contributed by atoms with E-state index in [0.717, 1.165) is 56.3 Å². The number of rotatable bonds is 8. The van der Waals surface area contributed by atoms with Crippen molar-refractivity contribution in [3.63, 3.8) is 0 Å². The summed E-state index contributed by atoms with van der Waals surface area (Å²) in [4.78, 5) is 21.9. The van der Waals surface area contributed by atoms with E-state index in [1.807, 2.05) is 6.92 Å². The Bertz CT molecular complexity index is 1430. The standard InChI is InChI=1S/C27H32F2N4O4S2/c1-19-5-2-3-12-33(19)39(35,36)22-8-6-20(7-9-22)26(34)32(11-4-10-31-13-15-37-16-14-31)27-30-25-23(29)17-21(28)18-24(25)38-27/h6-9,17-19H,2-5,10-16H2,1H3. The summed E-state index contributed by atoms with van der Waals surface area (Å²) in [7, 11) is -3.67. The first-order valence-corrected chi connectivity index (χ1v) is 15.5. The Morgan fingerprint density at radius 1 is 1.13 bits per heavy atom.